The summed E-state index contributed by atoms with van der Waals surface area (Å²) in [6, 6.07) is 15.7. The second-order valence-electron chi connectivity index (χ2n) is 9.08. The molecule has 0 radical (unpaired) electrons. The molecular formula is C29H24F2N4O. The van der Waals surface area contributed by atoms with Crippen molar-refractivity contribution in [2.24, 2.45) is 0 Å². The molecule has 0 spiro atoms. The predicted molar refractivity (Wildman–Crippen MR) is 135 cm³/mol. The minimum atomic E-state index is -1.04. The third-order valence-corrected chi connectivity index (χ3v) is 6.66. The summed E-state index contributed by atoms with van der Waals surface area (Å²) in [6.45, 7) is 3.88. The van der Waals surface area contributed by atoms with E-state index in [0.29, 0.717) is 16.9 Å². The summed E-state index contributed by atoms with van der Waals surface area (Å²) in [5.41, 5.74) is 6.14. The number of rotatable bonds is 4. The molecule has 0 aliphatic heterocycles. The number of halogens is 2. The van der Waals surface area contributed by atoms with Gasteiger partial charge in [-0.25, -0.2) is 13.8 Å². The first-order chi connectivity index (χ1) is 17.4. The van der Waals surface area contributed by atoms with Gasteiger partial charge in [-0.2, -0.15) is 5.26 Å². The predicted octanol–water partition coefficient (Wildman–Crippen LogP) is 6.38. The molecule has 1 aliphatic rings. The van der Waals surface area contributed by atoms with E-state index in [1.807, 2.05) is 32.0 Å². The SMILES string of the molecule is Cc1cc(C)c2c(C#N)c(C=CC(=O)Nc3ccc(F)c(F)c3)n([C@H]3CCCc4ccccc43)c2n1. The molecule has 0 saturated heterocycles. The Morgan fingerprint density at radius 2 is 1.97 bits per heavy atom. The number of nitrogens with one attached hydrogen (secondary N) is 1. The van der Waals surface area contributed by atoms with Crippen LogP contribution in [0.3, 0.4) is 0 Å². The molecule has 1 amide bonds. The van der Waals surface area contributed by atoms with Crippen molar-refractivity contribution in [2.45, 2.75) is 39.2 Å². The first-order valence-electron chi connectivity index (χ1n) is 11.8. The van der Waals surface area contributed by atoms with Crippen LogP contribution in [0.1, 0.15) is 52.5 Å². The highest BCUT2D eigenvalue weighted by molar-refractivity contribution is 6.03. The first kappa shape index (κ1) is 23.4. The van der Waals surface area contributed by atoms with E-state index < -0.39 is 17.5 Å². The van der Waals surface area contributed by atoms with E-state index in [4.69, 9.17) is 4.98 Å². The average molecular weight is 483 g/mol. The summed E-state index contributed by atoms with van der Waals surface area (Å²) in [7, 11) is 0. The summed E-state index contributed by atoms with van der Waals surface area (Å²) in [5.74, 6) is -2.55. The highest BCUT2D eigenvalue weighted by Crippen LogP contribution is 2.39. The third-order valence-electron chi connectivity index (χ3n) is 6.66. The van der Waals surface area contributed by atoms with E-state index in [0.717, 1.165) is 48.0 Å². The number of pyridine rings is 1. The highest BCUT2D eigenvalue weighted by atomic mass is 19.2. The van der Waals surface area contributed by atoms with Crippen LogP contribution >= 0.6 is 0 Å². The maximum atomic E-state index is 13.6. The Balaban J connectivity index is 1.64. The van der Waals surface area contributed by atoms with Gasteiger partial charge in [0.05, 0.1) is 17.3 Å². The normalized spacial score (nSPS) is 15.1. The Hall–Kier alpha value is -4.31. The van der Waals surface area contributed by atoms with Crippen LogP contribution in [0.25, 0.3) is 17.1 Å². The summed E-state index contributed by atoms with van der Waals surface area (Å²) < 4.78 is 28.9. The molecule has 0 saturated carbocycles. The van der Waals surface area contributed by atoms with Crippen molar-refractivity contribution in [1.82, 2.24) is 9.55 Å². The number of carbonyl (C=O) groups is 1. The van der Waals surface area contributed by atoms with Gasteiger partial charge in [0.1, 0.15) is 11.7 Å². The number of amides is 1. The van der Waals surface area contributed by atoms with Crippen LogP contribution in [-0.2, 0) is 11.2 Å². The number of fused-ring (bicyclic) bond motifs is 2. The van der Waals surface area contributed by atoms with Gasteiger partial charge in [0.2, 0.25) is 5.91 Å². The van der Waals surface area contributed by atoms with Gasteiger partial charge in [-0.3, -0.25) is 4.79 Å². The van der Waals surface area contributed by atoms with E-state index in [1.165, 1.54) is 23.3 Å². The van der Waals surface area contributed by atoms with Gasteiger partial charge in [-0.1, -0.05) is 24.3 Å². The molecule has 5 rings (SSSR count). The van der Waals surface area contributed by atoms with E-state index in [-0.39, 0.29) is 11.7 Å². The zero-order valence-electron chi connectivity index (χ0n) is 20.0. The molecular weight excluding hydrogens is 458 g/mol. The van der Waals surface area contributed by atoms with Gasteiger partial charge < -0.3 is 9.88 Å². The van der Waals surface area contributed by atoms with Crippen molar-refractivity contribution in [3.63, 3.8) is 0 Å². The number of nitrogens with zero attached hydrogens (tertiary/aromatic N) is 3. The van der Waals surface area contributed by atoms with Gasteiger partial charge in [-0.15, -0.1) is 0 Å². The zero-order valence-corrected chi connectivity index (χ0v) is 20.0. The van der Waals surface area contributed by atoms with Crippen LogP contribution in [0.15, 0.2) is 54.6 Å². The van der Waals surface area contributed by atoms with Gasteiger partial charge in [0, 0.05) is 28.9 Å². The summed E-state index contributed by atoms with van der Waals surface area (Å²) in [5, 5.41) is 13.5. The lowest BCUT2D eigenvalue weighted by atomic mass is 9.87. The van der Waals surface area contributed by atoms with E-state index in [1.54, 1.807) is 6.08 Å². The Morgan fingerprint density at radius 1 is 1.17 bits per heavy atom. The molecule has 180 valence electrons. The van der Waals surface area contributed by atoms with Crippen LogP contribution in [0.2, 0.25) is 0 Å². The topological polar surface area (TPSA) is 70.7 Å². The molecule has 0 bridgehead atoms. The maximum Gasteiger partial charge on any atom is 0.248 e. The fraction of sp³-hybridized carbons (Fsp3) is 0.207. The molecule has 1 aliphatic carbocycles. The van der Waals surface area contributed by atoms with Crippen LogP contribution in [0.4, 0.5) is 14.5 Å². The smallest absolute Gasteiger partial charge is 0.248 e. The maximum absolute atomic E-state index is 13.6. The van der Waals surface area contributed by atoms with Crippen LogP contribution < -0.4 is 5.32 Å². The quantitative estimate of drug-likeness (QED) is 0.343. The van der Waals surface area contributed by atoms with Crippen LogP contribution in [0, 0.1) is 36.8 Å². The Labute approximate surface area is 207 Å². The number of carbonyl (C=O) groups excluding carboxylic acids is 1. The average Bonchev–Trinajstić information content (AvgIpc) is 3.17. The zero-order chi connectivity index (χ0) is 25.4. The fourth-order valence-electron chi connectivity index (χ4n) is 5.16. The molecule has 2 heterocycles. The summed E-state index contributed by atoms with van der Waals surface area (Å²) in [4.78, 5) is 17.5. The number of hydrogen-bond donors (Lipinski definition) is 1. The van der Waals surface area contributed by atoms with E-state index in [2.05, 4.69) is 28.1 Å². The Kier molecular flexibility index (Phi) is 6.11. The molecule has 5 nitrogen and oxygen atoms in total. The van der Waals surface area contributed by atoms with Crippen molar-refractivity contribution in [3.05, 3.63) is 99.9 Å². The molecule has 2 aromatic carbocycles. The van der Waals surface area contributed by atoms with Crippen molar-refractivity contribution in [3.8, 4) is 6.07 Å². The molecule has 1 N–H and O–H groups in total. The standard InChI is InChI=1S/C29H24F2N4O/c1-17-14-18(2)33-29-28(17)22(16-32)26(12-13-27(36)34-20-10-11-23(30)24(31)15-20)35(29)25-9-5-7-19-6-3-4-8-21(19)25/h3-4,6,8,10-15,25H,5,7,9H2,1-2H3,(H,34,36)/t25-/m0/s1. The van der Waals surface area contributed by atoms with Crippen molar-refractivity contribution in [1.29, 1.82) is 5.26 Å². The van der Waals surface area contributed by atoms with Crippen molar-refractivity contribution in [2.75, 3.05) is 5.32 Å². The lowest BCUT2D eigenvalue weighted by molar-refractivity contribution is -0.111. The lowest BCUT2D eigenvalue weighted by Crippen LogP contribution is -2.19. The Morgan fingerprint density at radius 3 is 2.75 bits per heavy atom. The number of anilines is 1. The molecule has 4 aromatic rings. The largest absolute Gasteiger partial charge is 0.322 e. The van der Waals surface area contributed by atoms with Crippen LogP contribution in [0.5, 0.6) is 0 Å². The number of aromatic nitrogens is 2. The van der Waals surface area contributed by atoms with Gasteiger partial charge in [-0.05, 0) is 74.1 Å². The monoisotopic (exact) mass is 482 g/mol. The fourth-order valence-corrected chi connectivity index (χ4v) is 5.16. The molecule has 1 atom stereocenters. The molecule has 2 aromatic heterocycles. The minimum absolute atomic E-state index is 0.0397. The Bertz CT molecular complexity index is 1580. The van der Waals surface area contributed by atoms with Gasteiger partial charge in [0.25, 0.3) is 0 Å². The number of benzene rings is 2. The van der Waals surface area contributed by atoms with Crippen molar-refractivity contribution < 1.29 is 13.6 Å². The second-order valence-corrected chi connectivity index (χ2v) is 9.08. The number of hydrogen-bond acceptors (Lipinski definition) is 3. The van der Waals surface area contributed by atoms with E-state index >= 15 is 0 Å². The number of aryl methyl sites for hydroxylation is 3. The summed E-state index contributed by atoms with van der Waals surface area (Å²) in [6.07, 6.45) is 5.78. The molecule has 0 unspecified atom stereocenters. The second kappa shape index (κ2) is 9.38. The van der Waals surface area contributed by atoms with Crippen LogP contribution in [-0.4, -0.2) is 15.5 Å². The molecule has 7 heteroatoms. The molecule has 0 fully saturated rings. The third kappa shape index (κ3) is 4.16. The van der Waals surface area contributed by atoms with Crippen molar-refractivity contribution >= 4 is 28.7 Å². The minimum Gasteiger partial charge on any atom is -0.322 e. The van der Waals surface area contributed by atoms with Gasteiger partial charge in [0.15, 0.2) is 11.6 Å². The molecule has 36 heavy (non-hydrogen) atoms. The van der Waals surface area contributed by atoms with E-state index in [9.17, 15) is 18.8 Å². The summed E-state index contributed by atoms with van der Waals surface area (Å²) >= 11 is 0. The highest BCUT2D eigenvalue weighted by Gasteiger charge is 2.28. The lowest BCUT2D eigenvalue weighted by Gasteiger charge is -2.28. The van der Waals surface area contributed by atoms with Gasteiger partial charge >= 0.3 is 0 Å². The number of nitriles is 1. The first-order valence-corrected chi connectivity index (χ1v) is 11.8.